The highest BCUT2D eigenvalue weighted by Crippen LogP contribution is 2.13. The number of nitrogens with zero attached hydrogens (tertiary/aromatic N) is 2. The molecule has 23 heavy (non-hydrogen) atoms. The lowest BCUT2D eigenvalue weighted by Crippen LogP contribution is -2.33. The van der Waals surface area contributed by atoms with Crippen molar-refractivity contribution in [2.75, 3.05) is 11.9 Å². The summed E-state index contributed by atoms with van der Waals surface area (Å²) < 4.78 is 1.71. The molecule has 0 atom stereocenters. The van der Waals surface area contributed by atoms with Crippen LogP contribution in [0.1, 0.15) is 41.4 Å². The molecule has 6 nitrogen and oxygen atoms in total. The van der Waals surface area contributed by atoms with Crippen molar-refractivity contribution in [2.45, 2.75) is 33.7 Å². The van der Waals surface area contributed by atoms with Crippen LogP contribution in [0, 0.1) is 13.8 Å². The second kappa shape index (κ2) is 7.09. The summed E-state index contributed by atoms with van der Waals surface area (Å²) in [7, 11) is 0. The number of aromatic nitrogens is 2. The molecule has 0 saturated heterocycles. The second-order valence-corrected chi connectivity index (χ2v) is 5.78. The van der Waals surface area contributed by atoms with Gasteiger partial charge in [0.15, 0.2) is 0 Å². The summed E-state index contributed by atoms with van der Waals surface area (Å²) in [6.07, 6.45) is 1.63. The van der Waals surface area contributed by atoms with Crippen LogP contribution < -0.4 is 10.6 Å². The number of hydrogen-bond acceptors (Lipinski definition) is 3. The summed E-state index contributed by atoms with van der Waals surface area (Å²) in [5, 5.41) is 9.52. The molecule has 2 rings (SSSR count). The van der Waals surface area contributed by atoms with Gasteiger partial charge in [-0.1, -0.05) is 6.07 Å². The number of aryl methyl sites for hydroxylation is 2. The number of carbonyl (C=O) groups is 2. The molecule has 0 aliphatic heterocycles. The van der Waals surface area contributed by atoms with Gasteiger partial charge in [-0.05, 0) is 51.0 Å². The zero-order chi connectivity index (χ0) is 17.0. The van der Waals surface area contributed by atoms with Gasteiger partial charge in [0.05, 0.1) is 12.7 Å². The lowest BCUT2D eigenvalue weighted by molar-refractivity contribution is -0.115. The summed E-state index contributed by atoms with van der Waals surface area (Å²) in [5.74, 6) is 0.0654. The van der Waals surface area contributed by atoms with Crippen molar-refractivity contribution in [1.82, 2.24) is 15.1 Å². The maximum atomic E-state index is 12.1. The fraction of sp³-hybridized carbons (Fsp3) is 0.353. The monoisotopic (exact) mass is 314 g/mol. The number of carbonyl (C=O) groups excluding carboxylic acids is 2. The number of anilines is 1. The van der Waals surface area contributed by atoms with Crippen molar-refractivity contribution < 1.29 is 9.59 Å². The van der Waals surface area contributed by atoms with Crippen LogP contribution in [0.3, 0.4) is 0 Å². The van der Waals surface area contributed by atoms with Crippen molar-refractivity contribution >= 4 is 17.6 Å². The predicted molar refractivity (Wildman–Crippen MR) is 89.5 cm³/mol. The van der Waals surface area contributed by atoms with Gasteiger partial charge in [-0.15, -0.1) is 0 Å². The summed E-state index contributed by atoms with van der Waals surface area (Å²) in [5.41, 5.74) is 2.72. The van der Waals surface area contributed by atoms with Gasteiger partial charge >= 0.3 is 0 Å². The SMILES string of the molecule is Cc1ccc(C(=O)NCC(=O)Nc2ccnn2C(C)C)cc1C. The van der Waals surface area contributed by atoms with Crippen molar-refractivity contribution in [3.05, 3.63) is 47.2 Å². The fourth-order valence-electron chi connectivity index (χ4n) is 2.16. The Labute approximate surface area is 135 Å². The molecule has 1 aromatic heterocycles. The number of rotatable bonds is 5. The third-order valence-corrected chi connectivity index (χ3v) is 3.61. The Balaban J connectivity index is 1.92. The molecule has 1 heterocycles. The van der Waals surface area contributed by atoms with Crippen LogP contribution in [0.2, 0.25) is 0 Å². The van der Waals surface area contributed by atoms with Crippen molar-refractivity contribution in [3.8, 4) is 0 Å². The molecule has 2 aromatic rings. The molecular formula is C17H22N4O2. The minimum absolute atomic E-state index is 0.0883. The zero-order valence-electron chi connectivity index (χ0n) is 13.9. The Kier molecular flexibility index (Phi) is 5.16. The first-order valence-corrected chi connectivity index (χ1v) is 7.57. The molecule has 2 N–H and O–H groups in total. The van der Waals surface area contributed by atoms with E-state index in [1.165, 1.54) is 0 Å². The molecule has 0 aliphatic carbocycles. The van der Waals surface area contributed by atoms with E-state index < -0.39 is 0 Å². The summed E-state index contributed by atoms with van der Waals surface area (Å²) in [6.45, 7) is 7.80. The molecule has 1 aromatic carbocycles. The molecule has 0 saturated carbocycles. The van der Waals surface area contributed by atoms with E-state index in [0.717, 1.165) is 11.1 Å². The molecule has 122 valence electrons. The highest BCUT2D eigenvalue weighted by Gasteiger charge is 2.12. The maximum Gasteiger partial charge on any atom is 0.251 e. The molecule has 0 fully saturated rings. The largest absolute Gasteiger partial charge is 0.343 e. The Morgan fingerprint density at radius 1 is 1.17 bits per heavy atom. The topological polar surface area (TPSA) is 76.0 Å². The first-order valence-electron chi connectivity index (χ1n) is 7.57. The van der Waals surface area contributed by atoms with Crippen LogP contribution in [-0.4, -0.2) is 28.1 Å². The number of amides is 2. The van der Waals surface area contributed by atoms with Gasteiger partial charge in [0, 0.05) is 17.7 Å². The highest BCUT2D eigenvalue weighted by molar-refractivity contribution is 5.99. The van der Waals surface area contributed by atoms with Gasteiger partial charge in [-0.2, -0.15) is 5.10 Å². The zero-order valence-corrected chi connectivity index (χ0v) is 13.9. The number of benzene rings is 1. The Morgan fingerprint density at radius 3 is 2.57 bits per heavy atom. The number of hydrogen-bond donors (Lipinski definition) is 2. The lowest BCUT2D eigenvalue weighted by Gasteiger charge is -2.12. The molecule has 6 heteroatoms. The summed E-state index contributed by atoms with van der Waals surface area (Å²) >= 11 is 0. The van der Waals surface area contributed by atoms with Crippen molar-refractivity contribution in [2.24, 2.45) is 0 Å². The first kappa shape index (κ1) is 16.7. The van der Waals surface area contributed by atoms with Crippen LogP contribution in [0.4, 0.5) is 5.82 Å². The molecule has 2 amide bonds. The summed E-state index contributed by atoms with van der Waals surface area (Å²) in [4.78, 5) is 24.1. The lowest BCUT2D eigenvalue weighted by atomic mass is 10.1. The van der Waals surface area contributed by atoms with E-state index in [0.29, 0.717) is 11.4 Å². The fourth-order valence-corrected chi connectivity index (χ4v) is 2.16. The van der Waals surface area contributed by atoms with E-state index in [1.807, 2.05) is 39.8 Å². The highest BCUT2D eigenvalue weighted by atomic mass is 16.2. The third kappa shape index (κ3) is 4.18. The minimum Gasteiger partial charge on any atom is -0.343 e. The normalized spacial score (nSPS) is 10.7. The Hall–Kier alpha value is -2.63. The Morgan fingerprint density at radius 2 is 1.91 bits per heavy atom. The van der Waals surface area contributed by atoms with E-state index >= 15 is 0 Å². The van der Waals surface area contributed by atoms with Crippen LogP contribution in [0.15, 0.2) is 30.5 Å². The van der Waals surface area contributed by atoms with Gasteiger partial charge < -0.3 is 10.6 Å². The average Bonchev–Trinajstić information content (AvgIpc) is 2.96. The molecular weight excluding hydrogens is 292 g/mol. The third-order valence-electron chi connectivity index (χ3n) is 3.61. The van der Waals surface area contributed by atoms with E-state index in [2.05, 4.69) is 15.7 Å². The molecule has 0 spiro atoms. The maximum absolute atomic E-state index is 12.1. The Bertz CT molecular complexity index is 719. The van der Waals surface area contributed by atoms with Crippen LogP contribution >= 0.6 is 0 Å². The first-order chi connectivity index (χ1) is 10.9. The number of nitrogens with one attached hydrogen (secondary N) is 2. The van der Waals surface area contributed by atoms with Gasteiger partial charge in [0.25, 0.3) is 5.91 Å². The van der Waals surface area contributed by atoms with Crippen molar-refractivity contribution in [1.29, 1.82) is 0 Å². The minimum atomic E-state index is -0.287. The van der Waals surface area contributed by atoms with Crippen LogP contribution in [-0.2, 0) is 4.79 Å². The summed E-state index contributed by atoms with van der Waals surface area (Å²) in [6, 6.07) is 7.33. The second-order valence-electron chi connectivity index (χ2n) is 5.78. The van der Waals surface area contributed by atoms with Crippen molar-refractivity contribution in [3.63, 3.8) is 0 Å². The smallest absolute Gasteiger partial charge is 0.251 e. The molecule has 0 radical (unpaired) electrons. The molecule has 0 bridgehead atoms. The van der Waals surface area contributed by atoms with Crippen LogP contribution in [0.25, 0.3) is 0 Å². The van der Waals surface area contributed by atoms with Gasteiger partial charge in [0.1, 0.15) is 5.82 Å². The van der Waals surface area contributed by atoms with E-state index in [-0.39, 0.29) is 24.4 Å². The molecule has 0 aliphatic rings. The van der Waals surface area contributed by atoms with Gasteiger partial charge in [-0.3, -0.25) is 9.59 Å². The van der Waals surface area contributed by atoms with Gasteiger partial charge in [-0.25, -0.2) is 4.68 Å². The quantitative estimate of drug-likeness (QED) is 0.890. The van der Waals surface area contributed by atoms with Gasteiger partial charge in [0.2, 0.25) is 5.91 Å². The standard InChI is InChI=1S/C17H22N4O2/c1-11(2)21-15(7-8-19-21)20-16(22)10-18-17(23)14-6-5-12(3)13(4)9-14/h5-9,11H,10H2,1-4H3,(H,18,23)(H,20,22). The van der Waals surface area contributed by atoms with E-state index in [1.54, 1.807) is 23.0 Å². The van der Waals surface area contributed by atoms with Crippen LogP contribution in [0.5, 0.6) is 0 Å². The van der Waals surface area contributed by atoms with E-state index in [4.69, 9.17) is 0 Å². The average molecular weight is 314 g/mol. The molecule has 0 unspecified atom stereocenters. The van der Waals surface area contributed by atoms with E-state index in [9.17, 15) is 9.59 Å². The predicted octanol–water partition coefficient (Wildman–Crippen LogP) is 2.45.